The number of hydrogen-bond donors (Lipinski definition) is 1. The van der Waals surface area contributed by atoms with E-state index in [0.29, 0.717) is 23.0 Å². The van der Waals surface area contributed by atoms with E-state index < -0.39 is 23.4 Å². The van der Waals surface area contributed by atoms with Gasteiger partial charge in [0.1, 0.15) is 5.75 Å². The quantitative estimate of drug-likeness (QED) is 0.326. The minimum atomic E-state index is -0.703. The van der Waals surface area contributed by atoms with Crippen molar-refractivity contribution in [3.8, 4) is 5.75 Å². The number of aromatic nitrogens is 2. The standard InChI is InChI=1S/C20H18N4O7/c1-12-16(4-3-5-17(12)24(27)28)22-19(25)11-30-20(26)14-6-8-15(9-7-14)29-10-18-21-13(2)31-23-18/h3-9H,10-11H2,1-2H3,(H,22,25). The Balaban J connectivity index is 1.50. The number of nitrogens with one attached hydrogen (secondary N) is 1. The monoisotopic (exact) mass is 426 g/mol. The molecule has 1 amide bonds. The van der Waals surface area contributed by atoms with Crippen molar-refractivity contribution < 1.29 is 28.5 Å². The zero-order valence-electron chi connectivity index (χ0n) is 16.7. The number of hydrogen-bond acceptors (Lipinski definition) is 9. The summed E-state index contributed by atoms with van der Waals surface area (Å²) < 4.78 is 15.3. The van der Waals surface area contributed by atoms with Crippen molar-refractivity contribution in [3.63, 3.8) is 0 Å². The molecular formula is C20H18N4O7. The Morgan fingerprint density at radius 2 is 1.90 bits per heavy atom. The van der Waals surface area contributed by atoms with Crippen LogP contribution in [0.5, 0.6) is 5.75 Å². The van der Waals surface area contributed by atoms with E-state index in [0.717, 1.165) is 0 Å². The molecule has 0 bridgehead atoms. The minimum absolute atomic E-state index is 0.109. The molecule has 0 spiro atoms. The largest absolute Gasteiger partial charge is 0.485 e. The summed E-state index contributed by atoms with van der Waals surface area (Å²) in [4.78, 5) is 38.6. The van der Waals surface area contributed by atoms with Crippen molar-refractivity contribution in [1.82, 2.24) is 10.1 Å². The predicted molar refractivity (Wildman–Crippen MR) is 107 cm³/mol. The summed E-state index contributed by atoms with van der Waals surface area (Å²) in [6, 6.07) is 10.4. The van der Waals surface area contributed by atoms with E-state index in [1.165, 1.54) is 37.3 Å². The van der Waals surface area contributed by atoms with Crippen LogP contribution < -0.4 is 10.1 Å². The van der Waals surface area contributed by atoms with E-state index in [2.05, 4.69) is 15.5 Å². The molecule has 3 aromatic rings. The van der Waals surface area contributed by atoms with Crippen molar-refractivity contribution in [2.75, 3.05) is 11.9 Å². The van der Waals surface area contributed by atoms with Crippen LogP contribution in [0.1, 0.15) is 27.6 Å². The molecule has 0 saturated carbocycles. The molecule has 0 radical (unpaired) electrons. The summed E-state index contributed by atoms with van der Waals surface area (Å²) in [6.45, 7) is 2.75. The van der Waals surface area contributed by atoms with Gasteiger partial charge < -0.3 is 19.3 Å². The second-order valence-electron chi connectivity index (χ2n) is 6.37. The molecule has 160 valence electrons. The van der Waals surface area contributed by atoms with Crippen LogP contribution in [-0.4, -0.2) is 33.5 Å². The van der Waals surface area contributed by atoms with E-state index in [9.17, 15) is 19.7 Å². The first-order valence-electron chi connectivity index (χ1n) is 9.06. The van der Waals surface area contributed by atoms with Crippen molar-refractivity contribution in [1.29, 1.82) is 0 Å². The van der Waals surface area contributed by atoms with Crippen LogP contribution in [0, 0.1) is 24.0 Å². The van der Waals surface area contributed by atoms with Crippen molar-refractivity contribution in [2.45, 2.75) is 20.5 Å². The number of esters is 1. The zero-order chi connectivity index (χ0) is 22.4. The Bertz CT molecular complexity index is 1110. The van der Waals surface area contributed by atoms with Crippen LogP contribution in [0.25, 0.3) is 0 Å². The molecule has 1 N–H and O–H groups in total. The van der Waals surface area contributed by atoms with Gasteiger partial charge in [-0.15, -0.1) is 0 Å². The highest BCUT2D eigenvalue weighted by atomic mass is 16.6. The van der Waals surface area contributed by atoms with Gasteiger partial charge >= 0.3 is 5.97 Å². The summed E-state index contributed by atoms with van der Waals surface area (Å²) in [6.07, 6.45) is 0. The molecule has 0 saturated heterocycles. The number of benzene rings is 2. The average molecular weight is 426 g/mol. The lowest BCUT2D eigenvalue weighted by Gasteiger charge is -2.09. The van der Waals surface area contributed by atoms with E-state index in [-0.39, 0.29) is 23.5 Å². The number of rotatable bonds is 8. The summed E-state index contributed by atoms with van der Waals surface area (Å²) in [7, 11) is 0. The van der Waals surface area contributed by atoms with E-state index in [4.69, 9.17) is 14.0 Å². The topological polar surface area (TPSA) is 147 Å². The third kappa shape index (κ3) is 5.63. The summed E-state index contributed by atoms with van der Waals surface area (Å²) in [5.41, 5.74) is 0.681. The van der Waals surface area contributed by atoms with Crippen molar-refractivity contribution in [2.24, 2.45) is 0 Å². The first-order chi connectivity index (χ1) is 14.8. The summed E-state index contributed by atoms with van der Waals surface area (Å²) in [5, 5.41) is 17.2. The molecule has 31 heavy (non-hydrogen) atoms. The maximum atomic E-state index is 12.1. The summed E-state index contributed by atoms with van der Waals surface area (Å²) in [5.74, 6) is -0.0104. The average Bonchev–Trinajstić information content (AvgIpc) is 3.17. The Labute approximate surface area is 176 Å². The molecule has 11 heteroatoms. The molecule has 0 aliphatic carbocycles. The normalized spacial score (nSPS) is 10.4. The molecule has 1 heterocycles. The lowest BCUT2D eigenvalue weighted by molar-refractivity contribution is -0.385. The Hall–Kier alpha value is -4.28. The Kier molecular flexibility index (Phi) is 6.55. The highest BCUT2D eigenvalue weighted by Crippen LogP contribution is 2.25. The maximum absolute atomic E-state index is 12.1. The lowest BCUT2D eigenvalue weighted by atomic mass is 10.1. The highest BCUT2D eigenvalue weighted by molar-refractivity contribution is 5.96. The molecule has 0 aliphatic rings. The molecule has 11 nitrogen and oxygen atoms in total. The van der Waals surface area contributed by atoms with Gasteiger partial charge in [-0.1, -0.05) is 11.2 Å². The van der Waals surface area contributed by atoms with Gasteiger partial charge in [-0.05, 0) is 37.3 Å². The number of carbonyl (C=O) groups is 2. The van der Waals surface area contributed by atoms with E-state index in [1.807, 2.05) is 0 Å². The van der Waals surface area contributed by atoms with Crippen LogP contribution in [0.15, 0.2) is 47.0 Å². The Morgan fingerprint density at radius 3 is 2.55 bits per heavy atom. The first-order valence-corrected chi connectivity index (χ1v) is 9.06. The number of nitro benzene ring substituents is 1. The van der Waals surface area contributed by atoms with E-state index in [1.54, 1.807) is 19.1 Å². The lowest BCUT2D eigenvalue weighted by Crippen LogP contribution is -2.21. The first kappa shape index (κ1) is 21.4. The van der Waals surface area contributed by atoms with Crippen LogP contribution in [0.3, 0.4) is 0 Å². The maximum Gasteiger partial charge on any atom is 0.338 e. The fraction of sp³-hybridized carbons (Fsp3) is 0.200. The van der Waals surface area contributed by atoms with Gasteiger partial charge in [-0.3, -0.25) is 14.9 Å². The van der Waals surface area contributed by atoms with Gasteiger partial charge in [0, 0.05) is 13.0 Å². The van der Waals surface area contributed by atoms with Crippen molar-refractivity contribution in [3.05, 3.63) is 75.4 Å². The Morgan fingerprint density at radius 1 is 1.16 bits per heavy atom. The van der Waals surface area contributed by atoms with Crippen LogP contribution >= 0.6 is 0 Å². The fourth-order valence-corrected chi connectivity index (χ4v) is 2.59. The van der Waals surface area contributed by atoms with Gasteiger partial charge in [-0.2, -0.15) is 4.98 Å². The second-order valence-corrected chi connectivity index (χ2v) is 6.37. The fourth-order valence-electron chi connectivity index (χ4n) is 2.59. The minimum Gasteiger partial charge on any atom is -0.485 e. The molecule has 2 aromatic carbocycles. The third-order valence-electron chi connectivity index (χ3n) is 4.14. The number of carbonyl (C=O) groups excluding carboxylic acids is 2. The third-order valence-corrected chi connectivity index (χ3v) is 4.14. The number of amides is 1. The van der Waals surface area contributed by atoms with Crippen LogP contribution in [0.4, 0.5) is 11.4 Å². The second kappa shape index (κ2) is 9.48. The van der Waals surface area contributed by atoms with Gasteiger partial charge in [0.15, 0.2) is 13.2 Å². The summed E-state index contributed by atoms with van der Waals surface area (Å²) >= 11 is 0. The van der Waals surface area contributed by atoms with Gasteiger partial charge in [0.25, 0.3) is 11.6 Å². The SMILES string of the molecule is Cc1nc(COc2ccc(C(=O)OCC(=O)Nc3cccc([N+](=O)[O-])c3C)cc2)no1. The van der Waals surface area contributed by atoms with Gasteiger partial charge in [0.05, 0.1) is 21.7 Å². The molecule has 1 aromatic heterocycles. The smallest absolute Gasteiger partial charge is 0.338 e. The number of anilines is 1. The number of nitrogens with zero attached hydrogens (tertiary/aromatic N) is 3. The van der Waals surface area contributed by atoms with E-state index >= 15 is 0 Å². The molecule has 0 atom stereocenters. The molecule has 0 aliphatic heterocycles. The van der Waals surface area contributed by atoms with Crippen LogP contribution in [0.2, 0.25) is 0 Å². The highest BCUT2D eigenvalue weighted by Gasteiger charge is 2.16. The number of aryl methyl sites for hydroxylation is 1. The van der Waals surface area contributed by atoms with Gasteiger partial charge in [0.2, 0.25) is 11.7 Å². The van der Waals surface area contributed by atoms with Gasteiger partial charge in [-0.25, -0.2) is 4.79 Å². The molecule has 0 fully saturated rings. The zero-order valence-corrected chi connectivity index (χ0v) is 16.7. The molecular weight excluding hydrogens is 408 g/mol. The number of nitro groups is 1. The molecule has 0 unspecified atom stereocenters. The molecule has 3 rings (SSSR count). The number of ether oxygens (including phenoxy) is 2. The predicted octanol–water partition coefficient (Wildman–Crippen LogP) is 2.97. The van der Waals surface area contributed by atoms with Crippen molar-refractivity contribution >= 4 is 23.3 Å². The van der Waals surface area contributed by atoms with Crippen LogP contribution in [-0.2, 0) is 16.1 Å².